The first-order chi connectivity index (χ1) is 17.7. The molecular weight excluding hydrogens is 439 g/mol. The van der Waals surface area contributed by atoms with Crippen LogP contribution in [0.25, 0.3) is 0 Å². The van der Waals surface area contributed by atoms with Gasteiger partial charge >= 0.3 is 0 Å². The molecule has 0 aromatic carbocycles. The Bertz CT molecular complexity index is 349. The lowest BCUT2D eigenvalue weighted by Crippen LogP contribution is -2.21. The van der Waals surface area contributed by atoms with Crippen molar-refractivity contribution in [1.82, 2.24) is 0 Å². The molecule has 0 unspecified atom stereocenters. The number of hydrogen-bond donors (Lipinski definition) is 0. The lowest BCUT2D eigenvalue weighted by molar-refractivity contribution is 0.171. The molecule has 0 amide bonds. The third-order valence-corrected chi connectivity index (χ3v) is 8.77. The fraction of sp³-hybridized carbons (Fsp3) is 1.00. The van der Waals surface area contributed by atoms with Crippen LogP contribution in [0.3, 0.4) is 0 Å². The average Bonchev–Trinajstić information content (AvgIpc) is 2.89. The minimum atomic E-state index is -0.126. The average molecular weight is 511 g/mol. The fourth-order valence-electron chi connectivity index (χ4n) is 6.25. The van der Waals surface area contributed by atoms with Crippen LogP contribution in [0.15, 0.2) is 0 Å². The van der Waals surface area contributed by atoms with Crippen LogP contribution in [-0.2, 0) is 0 Å². The van der Waals surface area contributed by atoms with E-state index >= 15 is 0 Å². The summed E-state index contributed by atoms with van der Waals surface area (Å²) >= 11 is 0. The first-order valence-corrected chi connectivity index (χ1v) is 17.3. The molecule has 0 spiro atoms. The summed E-state index contributed by atoms with van der Waals surface area (Å²) in [4.78, 5) is 0. The summed E-state index contributed by atoms with van der Waals surface area (Å²) in [6, 6.07) is 0. The predicted molar refractivity (Wildman–Crippen MR) is 164 cm³/mol. The smallest absolute Gasteiger partial charge is 0.0894 e. The van der Waals surface area contributed by atoms with Gasteiger partial charge in [-0.3, -0.25) is 4.39 Å². The van der Waals surface area contributed by atoms with Gasteiger partial charge in [0.25, 0.3) is 0 Å². The molecule has 0 fully saturated rings. The molecule has 0 nitrogen and oxygen atoms in total. The van der Waals surface area contributed by atoms with Crippen molar-refractivity contribution in [2.75, 3.05) is 6.67 Å². The maximum Gasteiger partial charge on any atom is 0.0894 e. The number of unbranched alkanes of at least 4 members (excludes halogenated alkanes) is 22. The van der Waals surface area contributed by atoms with Gasteiger partial charge in [-0.2, -0.15) is 0 Å². The highest BCUT2D eigenvalue weighted by atomic mass is 19.1. The van der Waals surface area contributed by atoms with Crippen LogP contribution in [0.4, 0.5) is 4.39 Å². The molecule has 0 aliphatic rings. The number of alkyl halides is 1. The van der Waals surface area contributed by atoms with E-state index in [1.54, 1.807) is 0 Å². The standard InChI is InChI=1S/C35H71F/c1-4-7-10-13-16-17-18-22-27-32-35(30-25-20-14-11-8-5-2,31-26-21-15-12-9-6-3)33-28-23-19-24-29-34-36/h4-34H2,1-3H3. The van der Waals surface area contributed by atoms with Crippen molar-refractivity contribution in [3.63, 3.8) is 0 Å². The number of hydrogen-bond acceptors (Lipinski definition) is 0. The maximum atomic E-state index is 12.5. The van der Waals surface area contributed by atoms with Gasteiger partial charge in [-0.15, -0.1) is 0 Å². The molecule has 0 N–H and O–H groups in total. The molecular formula is C35H71F. The zero-order valence-corrected chi connectivity index (χ0v) is 25.8. The Hall–Kier alpha value is -0.0700. The second-order valence-corrected chi connectivity index (χ2v) is 12.3. The van der Waals surface area contributed by atoms with E-state index in [1.807, 2.05) is 0 Å². The van der Waals surface area contributed by atoms with Gasteiger partial charge < -0.3 is 0 Å². The van der Waals surface area contributed by atoms with Gasteiger partial charge in [0.05, 0.1) is 6.67 Å². The van der Waals surface area contributed by atoms with E-state index in [1.165, 1.54) is 180 Å². The third-order valence-electron chi connectivity index (χ3n) is 8.77. The van der Waals surface area contributed by atoms with Crippen molar-refractivity contribution in [3.8, 4) is 0 Å². The van der Waals surface area contributed by atoms with E-state index in [4.69, 9.17) is 0 Å². The van der Waals surface area contributed by atoms with E-state index in [-0.39, 0.29) is 6.67 Å². The Labute approximate surface area is 229 Å². The maximum absolute atomic E-state index is 12.5. The summed E-state index contributed by atoms with van der Waals surface area (Å²) < 4.78 is 12.5. The van der Waals surface area contributed by atoms with Gasteiger partial charge in [0.15, 0.2) is 0 Å². The molecule has 0 aliphatic carbocycles. The Kier molecular flexibility index (Phi) is 29.4. The zero-order chi connectivity index (χ0) is 26.4. The molecule has 0 aromatic heterocycles. The predicted octanol–water partition coefficient (Wildman–Crippen LogP) is 13.7. The number of rotatable bonds is 31. The quantitative estimate of drug-likeness (QED) is 0.0813. The van der Waals surface area contributed by atoms with Crippen LogP contribution in [0, 0.1) is 5.41 Å². The van der Waals surface area contributed by atoms with Crippen molar-refractivity contribution in [3.05, 3.63) is 0 Å². The molecule has 1 heteroatoms. The van der Waals surface area contributed by atoms with Gasteiger partial charge in [0, 0.05) is 0 Å². The lowest BCUT2D eigenvalue weighted by Gasteiger charge is -2.35. The van der Waals surface area contributed by atoms with Gasteiger partial charge in [0.1, 0.15) is 0 Å². The normalized spacial score (nSPS) is 12.0. The molecule has 0 aliphatic heterocycles. The van der Waals surface area contributed by atoms with E-state index < -0.39 is 0 Å². The summed E-state index contributed by atoms with van der Waals surface area (Å²) in [5.41, 5.74) is 0.608. The van der Waals surface area contributed by atoms with Crippen molar-refractivity contribution < 1.29 is 4.39 Å². The topological polar surface area (TPSA) is 0 Å². The van der Waals surface area contributed by atoms with Gasteiger partial charge in [-0.1, -0.05) is 181 Å². The van der Waals surface area contributed by atoms with Gasteiger partial charge in [-0.05, 0) is 37.5 Å². The van der Waals surface area contributed by atoms with E-state index in [2.05, 4.69) is 20.8 Å². The third kappa shape index (κ3) is 24.3. The Morgan fingerprint density at radius 2 is 0.528 bits per heavy atom. The summed E-state index contributed by atoms with van der Waals surface area (Å²) in [6.45, 7) is 6.83. The monoisotopic (exact) mass is 511 g/mol. The molecule has 36 heavy (non-hydrogen) atoms. The highest BCUT2D eigenvalue weighted by molar-refractivity contribution is 4.80. The van der Waals surface area contributed by atoms with Crippen LogP contribution >= 0.6 is 0 Å². The van der Waals surface area contributed by atoms with E-state index in [0.29, 0.717) is 5.41 Å². The molecule has 0 atom stereocenters. The minimum Gasteiger partial charge on any atom is -0.251 e. The van der Waals surface area contributed by atoms with Crippen molar-refractivity contribution in [1.29, 1.82) is 0 Å². The lowest BCUT2D eigenvalue weighted by atomic mass is 9.70. The van der Waals surface area contributed by atoms with Gasteiger partial charge in [-0.25, -0.2) is 0 Å². The van der Waals surface area contributed by atoms with Crippen LogP contribution in [-0.4, -0.2) is 6.67 Å². The first kappa shape index (κ1) is 35.9. The number of halogens is 1. The van der Waals surface area contributed by atoms with Crippen LogP contribution in [0.1, 0.15) is 213 Å². The van der Waals surface area contributed by atoms with Crippen LogP contribution in [0.5, 0.6) is 0 Å². The SMILES string of the molecule is CCCCCCCCCCCC(CCCCCCCC)(CCCCCCCC)CCCCCCCF. The molecule has 0 saturated carbocycles. The zero-order valence-electron chi connectivity index (χ0n) is 25.8. The fourth-order valence-corrected chi connectivity index (χ4v) is 6.25. The second kappa shape index (κ2) is 29.5. The van der Waals surface area contributed by atoms with Crippen LogP contribution in [0.2, 0.25) is 0 Å². The molecule has 218 valence electrons. The largest absolute Gasteiger partial charge is 0.251 e. The minimum absolute atomic E-state index is 0.126. The molecule has 0 radical (unpaired) electrons. The summed E-state index contributed by atoms with van der Waals surface area (Å²) in [5, 5.41) is 0. The highest BCUT2D eigenvalue weighted by Crippen LogP contribution is 2.42. The highest BCUT2D eigenvalue weighted by Gasteiger charge is 2.28. The van der Waals surface area contributed by atoms with Crippen molar-refractivity contribution in [2.24, 2.45) is 5.41 Å². The summed E-state index contributed by atoms with van der Waals surface area (Å²) in [6.07, 6.45) is 41.8. The van der Waals surface area contributed by atoms with Crippen molar-refractivity contribution in [2.45, 2.75) is 213 Å². The molecule has 0 rings (SSSR count). The first-order valence-electron chi connectivity index (χ1n) is 17.3. The summed E-state index contributed by atoms with van der Waals surface area (Å²) in [7, 11) is 0. The van der Waals surface area contributed by atoms with Crippen molar-refractivity contribution >= 4 is 0 Å². The second-order valence-electron chi connectivity index (χ2n) is 12.3. The van der Waals surface area contributed by atoms with Crippen LogP contribution < -0.4 is 0 Å². The summed E-state index contributed by atoms with van der Waals surface area (Å²) in [5.74, 6) is 0. The van der Waals surface area contributed by atoms with E-state index in [9.17, 15) is 4.39 Å². The Morgan fingerprint density at radius 1 is 0.306 bits per heavy atom. The molecule has 0 heterocycles. The van der Waals surface area contributed by atoms with E-state index in [0.717, 1.165) is 12.8 Å². The molecule has 0 bridgehead atoms. The molecule has 0 aromatic rings. The van der Waals surface area contributed by atoms with Gasteiger partial charge in [0.2, 0.25) is 0 Å². The Balaban J connectivity index is 4.72. The molecule has 0 saturated heterocycles. The Morgan fingerprint density at radius 3 is 0.778 bits per heavy atom.